The van der Waals surface area contributed by atoms with Crippen molar-refractivity contribution in [3.8, 4) is 5.75 Å². The molecule has 2 amide bonds. The van der Waals surface area contributed by atoms with Crippen LogP contribution in [0, 0.1) is 11.6 Å². The van der Waals surface area contributed by atoms with Crippen LogP contribution < -0.4 is 15.0 Å². The lowest BCUT2D eigenvalue weighted by molar-refractivity contribution is -0.348. The number of rotatable bonds is 6. The Morgan fingerprint density at radius 1 is 0.837 bits per heavy atom. The van der Waals surface area contributed by atoms with Crippen molar-refractivity contribution in [2.45, 2.75) is 24.4 Å². The minimum Gasteiger partial charge on any atom is -0.404 e. The van der Waals surface area contributed by atoms with Crippen LogP contribution in [0.25, 0.3) is 0 Å². The van der Waals surface area contributed by atoms with Gasteiger partial charge in [-0.15, -0.1) is 13.2 Å². The average Bonchev–Trinajstić information content (AvgIpc) is 2.87. The molecule has 3 rings (SSSR count). The van der Waals surface area contributed by atoms with E-state index in [1.807, 2.05) is 0 Å². The van der Waals surface area contributed by atoms with Crippen molar-refractivity contribution in [2.24, 2.45) is 0 Å². The van der Waals surface area contributed by atoms with E-state index in [0.717, 1.165) is 49.5 Å². The van der Waals surface area contributed by atoms with Crippen molar-refractivity contribution in [1.29, 1.82) is 0 Å². The molecule has 0 bridgehead atoms. The summed E-state index contributed by atoms with van der Waals surface area (Å²) in [6.07, 6.45) is -19.2. The average molecular weight is 697 g/mol. The molecular weight excluding hydrogens is 684 g/mol. The van der Waals surface area contributed by atoms with E-state index in [9.17, 15) is 57.9 Å². The third-order valence-electron chi connectivity index (χ3n) is 5.68. The number of hydrogen-bond acceptors (Lipinski definition) is 3. The molecule has 0 atom stereocenters. The number of halogens is 13. The molecule has 0 spiro atoms. The third kappa shape index (κ3) is 6.83. The summed E-state index contributed by atoms with van der Waals surface area (Å²) < 4.78 is 164. The Labute approximate surface area is 241 Å². The summed E-state index contributed by atoms with van der Waals surface area (Å²) in [4.78, 5) is 26.2. The molecule has 5 nitrogen and oxygen atoms in total. The first-order valence-electron chi connectivity index (χ1n) is 11.1. The van der Waals surface area contributed by atoms with Crippen LogP contribution in [0.1, 0.15) is 26.3 Å². The number of ether oxygens (including phenoxy) is 1. The van der Waals surface area contributed by atoms with E-state index in [1.165, 1.54) is 0 Å². The quantitative estimate of drug-likeness (QED) is 0.263. The number of nitrogens with one attached hydrogen (secondary N) is 1. The van der Waals surface area contributed by atoms with Crippen LogP contribution in [0.15, 0.2) is 59.1 Å². The van der Waals surface area contributed by atoms with Gasteiger partial charge in [-0.05, 0) is 64.5 Å². The normalized spacial score (nSPS) is 12.6. The van der Waals surface area contributed by atoms with Gasteiger partial charge in [0.2, 0.25) is 0 Å². The molecule has 0 heterocycles. The zero-order valence-corrected chi connectivity index (χ0v) is 22.4. The molecule has 232 valence electrons. The van der Waals surface area contributed by atoms with E-state index in [2.05, 4.69) is 20.7 Å². The molecule has 3 aromatic rings. The maximum Gasteiger partial charge on any atom is 0.573 e. The second kappa shape index (κ2) is 11.6. The van der Waals surface area contributed by atoms with Crippen LogP contribution in [0.5, 0.6) is 5.75 Å². The van der Waals surface area contributed by atoms with Gasteiger partial charge in [-0.3, -0.25) is 9.59 Å². The zero-order valence-electron chi connectivity index (χ0n) is 20.8. The highest BCUT2D eigenvalue weighted by molar-refractivity contribution is 9.10. The van der Waals surface area contributed by atoms with E-state index in [1.54, 1.807) is 5.32 Å². The molecule has 0 aliphatic rings. The van der Waals surface area contributed by atoms with Gasteiger partial charge in [-0.1, -0.05) is 6.07 Å². The highest BCUT2D eigenvalue weighted by Crippen LogP contribution is 2.55. The Morgan fingerprint density at radius 2 is 1.40 bits per heavy atom. The summed E-state index contributed by atoms with van der Waals surface area (Å²) in [6, 6.07) is 6.03. The van der Waals surface area contributed by atoms with Crippen molar-refractivity contribution in [2.75, 3.05) is 17.3 Å². The molecule has 0 aromatic heterocycles. The Hall–Kier alpha value is -3.96. The Balaban J connectivity index is 2.07. The van der Waals surface area contributed by atoms with Gasteiger partial charge in [0.15, 0.2) is 11.6 Å². The number of nitrogens with zero attached hydrogens (tertiary/aromatic N) is 1. The Bertz CT molecular complexity index is 1520. The van der Waals surface area contributed by atoms with E-state index in [0.29, 0.717) is 4.90 Å². The molecule has 3 aromatic carbocycles. The van der Waals surface area contributed by atoms with E-state index < -0.39 is 86.6 Å². The standard InChI is InChI=1S/C25H13BrF12N2O3/c1-40(21(42)11-5-7-13(27)8-6-11)16-4-2-3-14(18(16)28)20(41)39-19-15(26)9-12(10-17(19)43-25(36,37)38)22(29,23(30,31)32)24(33,34)35/h2-10H,1H3,(H,39,41). The summed E-state index contributed by atoms with van der Waals surface area (Å²) in [6.45, 7) is 0. The van der Waals surface area contributed by atoms with Crippen LogP contribution in [0.3, 0.4) is 0 Å². The molecule has 0 unspecified atom stereocenters. The number of carbonyl (C=O) groups excluding carboxylic acids is 2. The maximum atomic E-state index is 15.3. The Kier molecular flexibility index (Phi) is 9.06. The van der Waals surface area contributed by atoms with Crippen molar-refractivity contribution in [3.05, 3.63) is 87.4 Å². The maximum absolute atomic E-state index is 15.3. The fraction of sp³-hybridized carbons (Fsp3) is 0.200. The predicted molar refractivity (Wildman–Crippen MR) is 129 cm³/mol. The second-order valence-electron chi connectivity index (χ2n) is 8.50. The lowest BCUT2D eigenvalue weighted by Crippen LogP contribution is -2.50. The Morgan fingerprint density at radius 3 is 1.91 bits per heavy atom. The van der Waals surface area contributed by atoms with Crippen LogP contribution >= 0.6 is 15.9 Å². The van der Waals surface area contributed by atoms with E-state index in [-0.39, 0.29) is 11.6 Å². The van der Waals surface area contributed by atoms with Crippen LogP contribution in [-0.2, 0) is 5.67 Å². The van der Waals surface area contributed by atoms with Crippen molar-refractivity contribution >= 4 is 39.1 Å². The van der Waals surface area contributed by atoms with Gasteiger partial charge < -0.3 is 15.0 Å². The highest BCUT2D eigenvalue weighted by atomic mass is 79.9. The molecule has 18 heteroatoms. The predicted octanol–water partition coefficient (Wildman–Crippen LogP) is 8.44. The second-order valence-corrected chi connectivity index (χ2v) is 9.35. The van der Waals surface area contributed by atoms with Gasteiger partial charge in [0.25, 0.3) is 11.8 Å². The molecule has 0 aliphatic heterocycles. The first kappa shape index (κ1) is 33.5. The first-order valence-corrected chi connectivity index (χ1v) is 11.9. The van der Waals surface area contributed by atoms with Gasteiger partial charge in [0, 0.05) is 22.6 Å². The van der Waals surface area contributed by atoms with Crippen LogP contribution in [-0.4, -0.2) is 37.6 Å². The molecular formula is C25H13BrF12N2O3. The number of anilines is 2. The zero-order chi connectivity index (χ0) is 32.7. The molecule has 0 radical (unpaired) electrons. The van der Waals surface area contributed by atoms with Gasteiger partial charge in [-0.2, -0.15) is 26.3 Å². The number of hydrogen-bond donors (Lipinski definition) is 1. The minimum atomic E-state index is -6.70. The fourth-order valence-corrected chi connectivity index (χ4v) is 4.17. The van der Waals surface area contributed by atoms with Crippen molar-refractivity contribution < 1.29 is 67.0 Å². The summed E-state index contributed by atoms with van der Waals surface area (Å²) in [5.41, 5.74) is -11.4. The largest absolute Gasteiger partial charge is 0.573 e. The fourth-order valence-electron chi connectivity index (χ4n) is 3.63. The smallest absolute Gasteiger partial charge is 0.404 e. The summed E-state index contributed by atoms with van der Waals surface area (Å²) in [5.74, 6) is -6.55. The lowest BCUT2D eigenvalue weighted by Gasteiger charge is -2.31. The summed E-state index contributed by atoms with van der Waals surface area (Å²) >= 11 is 2.40. The minimum absolute atomic E-state index is 0.113. The van der Waals surface area contributed by atoms with E-state index >= 15 is 4.39 Å². The highest BCUT2D eigenvalue weighted by Gasteiger charge is 2.73. The number of alkyl halides is 10. The van der Waals surface area contributed by atoms with Crippen LogP contribution in [0.2, 0.25) is 0 Å². The number of carbonyl (C=O) groups is 2. The monoisotopic (exact) mass is 696 g/mol. The van der Waals surface area contributed by atoms with Crippen molar-refractivity contribution in [1.82, 2.24) is 0 Å². The van der Waals surface area contributed by atoms with Gasteiger partial charge >= 0.3 is 24.4 Å². The number of benzene rings is 3. The summed E-state index contributed by atoms with van der Waals surface area (Å²) in [7, 11) is 1.06. The van der Waals surface area contributed by atoms with Gasteiger partial charge in [0.05, 0.1) is 16.9 Å². The van der Waals surface area contributed by atoms with Gasteiger partial charge in [0.1, 0.15) is 5.82 Å². The van der Waals surface area contributed by atoms with Gasteiger partial charge in [-0.25, -0.2) is 13.2 Å². The van der Waals surface area contributed by atoms with E-state index in [4.69, 9.17) is 0 Å². The molecule has 0 aliphatic carbocycles. The van der Waals surface area contributed by atoms with Crippen LogP contribution in [0.4, 0.5) is 64.1 Å². The van der Waals surface area contributed by atoms with Crippen molar-refractivity contribution in [3.63, 3.8) is 0 Å². The first-order chi connectivity index (χ1) is 19.6. The number of amides is 2. The topological polar surface area (TPSA) is 58.6 Å². The molecule has 0 fully saturated rings. The summed E-state index contributed by atoms with van der Waals surface area (Å²) in [5, 5.41) is 1.67. The molecule has 0 saturated carbocycles. The molecule has 1 N–H and O–H groups in total. The molecule has 0 saturated heterocycles. The molecule has 43 heavy (non-hydrogen) atoms. The lowest BCUT2D eigenvalue weighted by atomic mass is 9.93. The SMILES string of the molecule is CN(C(=O)c1ccc(F)cc1)c1cccc(C(=O)Nc2c(Br)cc(C(F)(C(F)(F)F)C(F)(F)F)cc2OC(F)(F)F)c1F. The third-order valence-corrected chi connectivity index (χ3v) is 6.30.